The zero-order chi connectivity index (χ0) is 13.9. The second-order valence-corrected chi connectivity index (χ2v) is 4.99. The number of fused-ring (bicyclic) bond motifs is 1. The molecule has 102 valence electrons. The molecule has 1 amide bonds. The lowest BCUT2D eigenvalue weighted by Gasteiger charge is -2.28. The van der Waals surface area contributed by atoms with Gasteiger partial charge in [-0.15, -0.1) is 0 Å². The summed E-state index contributed by atoms with van der Waals surface area (Å²) in [4.78, 5) is 14.4. The molecule has 0 saturated heterocycles. The van der Waals surface area contributed by atoms with Crippen molar-refractivity contribution < 1.29 is 9.53 Å². The van der Waals surface area contributed by atoms with Gasteiger partial charge >= 0.3 is 0 Å². The molecule has 0 saturated carbocycles. The van der Waals surface area contributed by atoms with Crippen LogP contribution in [0.15, 0.2) is 48.5 Å². The minimum atomic E-state index is 0.120. The fraction of sp³-hybridized carbons (Fsp3) is 0.235. The molecule has 0 bridgehead atoms. The minimum absolute atomic E-state index is 0.120. The first-order valence-corrected chi connectivity index (χ1v) is 6.78. The Morgan fingerprint density at radius 3 is 2.85 bits per heavy atom. The van der Waals surface area contributed by atoms with E-state index in [0.29, 0.717) is 6.54 Å². The highest BCUT2D eigenvalue weighted by Crippen LogP contribution is 2.21. The van der Waals surface area contributed by atoms with E-state index in [1.54, 1.807) is 7.11 Å². The molecule has 3 nitrogen and oxygen atoms in total. The van der Waals surface area contributed by atoms with Gasteiger partial charge in [-0.25, -0.2) is 0 Å². The Balaban J connectivity index is 1.81. The summed E-state index contributed by atoms with van der Waals surface area (Å²) in [5.41, 5.74) is 3.08. The zero-order valence-corrected chi connectivity index (χ0v) is 11.5. The molecule has 20 heavy (non-hydrogen) atoms. The number of ether oxygens (including phenoxy) is 1. The summed E-state index contributed by atoms with van der Waals surface area (Å²) in [7, 11) is 1.65. The predicted octanol–water partition coefficient (Wildman–Crippen LogP) is 2.89. The number of benzene rings is 2. The predicted molar refractivity (Wildman–Crippen MR) is 77.9 cm³/mol. The summed E-state index contributed by atoms with van der Waals surface area (Å²) in [6, 6.07) is 15.7. The summed E-state index contributed by atoms with van der Waals surface area (Å²) in [6.45, 7) is 1.40. The summed E-state index contributed by atoms with van der Waals surface area (Å²) in [5.74, 6) is 0.946. The second-order valence-electron chi connectivity index (χ2n) is 4.99. The number of nitrogens with zero attached hydrogens (tertiary/aromatic N) is 1. The normalized spacial score (nSPS) is 14.1. The maximum Gasteiger partial charge on any atom is 0.254 e. The highest BCUT2D eigenvalue weighted by Gasteiger charge is 2.23. The number of amides is 1. The fourth-order valence-electron chi connectivity index (χ4n) is 2.62. The van der Waals surface area contributed by atoms with E-state index in [4.69, 9.17) is 4.74 Å². The first-order valence-electron chi connectivity index (χ1n) is 6.78. The highest BCUT2D eigenvalue weighted by atomic mass is 16.5. The van der Waals surface area contributed by atoms with Gasteiger partial charge in [0.05, 0.1) is 7.11 Å². The average Bonchev–Trinajstić information content (AvgIpc) is 2.50. The van der Waals surface area contributed by atoms with E-state index in [1.807, 2.05) is 53.4 Å². The van der Waals surface area contributed by atoms with E-state index >= 15 is 0 Å². The van der Waals surface area contributed by atoms with Gasteiger partial charge < -0.3 is 9.64 Å². The van der Waals surface area contributed by atoms with E-state index in [-0.39, 0.29) is 5.91 Å². The first kappa shape index (κ1) is 12.7. The molecule has 2 aromatic rings. The van der Waals surface area contributed by atoms with Crippen LogP contribution in [-0.4, -0.2) is 24.5 Å². The largest absolute Gasteiger partial charge is 0.497 e. The molecule has 3 rings (SSSR count). The summed E-state index contributed by atoms with van der Waals surface area (Å²) in [6.07, 6.45) is 0.923. The Morgan fingerprint density at radius 1 is 1.15 bits per heavy atom. The van der Waals surface area contributed by atoms with Crippen LogP contribution in [0.25, 0.3) is 0 Å². The summed E-state index contributed by atoms with van der Waals surface area (Å²) in [5, 5.41) is 0. The zero-order valence-electron chi connectivity index (χ0n) is 11.5. The molecule has 0 aliphatic carbocycles. The monoisotopic (exact) mass is 267 g/mol. The van der Waals surface area contributed by atoms with Gasteiger partial charge in [0.2, 0.25) is 0 Å². The molecule has 1 aliphatic heterocycles. The molecule has 1 aliphatic rings. The minimum Gasteiger partial charge on any atom is -0.497 e. The van der Waals surface area contributed by atoms with Crippen molar-refractivity contribution in [3.63, 3.8) is 0 Å². The SMILES string of the molecule is COc1cccc(CN2CCc3ccccc3C2=O)c1. The van der Waals surface area contributed by atoms with Crippen molar-refractivity contribution in [2.75, 3.05) is 13.7 Å². The number of carbonyl (C=O) groups is 1. The Hall–Kier alpha value is -2.29. The maximum atomic E-state index is 12.5. The van der Waals surface area contributed by atoms with Gasteiger partial charge in [0.1, 0.15) is 5.75 Å². The third-order valence-corrected chi connectivity index (χ3v) is 3.69. The van der Waals surface area contributed by atoms with E-state index in [0.717, 1.165) is 35.4 Å². The van der Waals surface area contributed by atoms with Crippen molar-refractivity contribution >= 4 is 5.91 Å². The topological polar surface area (TPSA) is 29.5 Å². The molecule has 0 atom stereocenters. The van der Waals surface area contributed by atoms with Crippen LogP contribution in [0.5, 0.6) is 5.75 Å². The quantitative estimate of drug-likeness (QED) is 0.855. The van der Waals surface area contributed by atoms with Gasteiger partial charge in [0, 0.05) is 18.7 Å². The molecule has 1 heterocycles. The molecule has 0 radical (unpaired) electrons. The van der Waals surface area contributed by atoms with Crippen LogP contribution in [0, 0.1) is 0 Å². The van der Waals surface area contributed by atoms with Gasteiger partial charge in [0.15, 0.2) is 0 Å². The van der Waals surface area contributed by atoms with E-state index in [9.17, 15) is 4.79 Å². The molecule has 0 unspecified atom stereocenters. The summed E-state index contributed by atoms with van der Waals surface area (Å²) >= 11 is 0. The number of hydrogen-bond acceptors (Lipinski definition) is 2. The van der Waals surface area contributed by atoms with Crippen LogP contribution in [0.4, 0.5) is 0 Å². The van der Waals surface area contributed by atoms with Crippen LogP contribution in [0.1, 0.15) is 21.5 Å². The lowest BCUT2D eigenvalue weighted by Crippen LogP contribution is -2.36. The van der Waals surface area contributed by atoms with Crippen molar-refractivity contribution in [3.8, 4) is 5.75 Å². The van der Waals surface area contributed by atoms with Crippen molar-refractivity contribution in [1.82, 2.24) is 4.90 Å². The lowest BCUT2D eigenvalue weighted by molar-refractivity contribution is 0.0727. The second kappa shape index (κ2) is 5.37. The molecule has 0 aromatic heterocycles. The van der Waals surface area contributed by atoms with E-state index < -0.39 is 0 Å². The first-order chi connectivity index (χ1) is 9.78. The third-order valence-electron chi connectivity index (χ3n) is 3.69. The van der Waals surface area contributed by atoms with Crippen LogP contribution in [-0.2, 0) is 13.0 Å². The number of carbonyl (C=O) groups excluding carboxylic acids is 1. The van der Waals surface area contributed by atoms with E-state index in [2.05, 4.69) is 0 Å². The van der Waals surface area contributed by atoms with Crippen molar-refractivity contribution in [3.05, 3.63) is 65.2 Å². The number of rotatable bonds is 3. The standard InChI is InChI=1S/C17H17NO2/c1-20-15-7-4-5-13(11-15)12-18-10-9-14-6-2-3-8-16(14)17(18)19/h2-8,11H,9-10,12H2,1H3. The molecule has 3 heteroatoms. The van der Waals surface area contributed by atoms with Gasteiger partial charge in [0.25, 0.3) is 5.91 Å². The Bertz CT molecular complexity index is 636. The fourth-order valence-corrected chi connectivity index (χ4v) is 2.62. The highest BCUT2D eigenvalue weighted by molar-refractivity contribution is 5.96. The van der Waals surface area contributed by atoms with Crippen LogP contribution >= 0.6 is 0 Å². The number of methoxy groups -OCH3 is 1. The molecule has 2 aromatic carbocycles. The Morgan fingerprint density at radius 2 is 2.00 bits per heavy atom. The van der Waals surface area contributed by atoms with E-state index in [1.165, 1.54) is 0 Å². The van der Waals surface area contributed by atoms with Gasteiger partial charge in [-0.05, 0) is 35.7 Å². The Labute approximate surface area is 118 Å². The van der Waals surface area contributed by atoms with Crippen molar-refractivity contribution in [2.45, 2.75) is 13.0 Å². The maximum absolute atomic E-state index is 12.5. The molecular formula is C17H17NO2. The van der Waals surface area contributed by atoms with Gasteiger partial charge in [-0.3, -0.25) is 4.79 Å². The third kappa shape index (κ3) is 2.39. The van der Waals surface area contributed by atoms with Crippen molar-refractivity contribution in [1.29, 1.82) is 0 Å². The average molecular weight is 267 g/mol. The lowest BCUT2D eigenvalue weighted by atomic mass is 9.99. The van der Waals surface area contributed by atoms with Gasteiger partial charge in [-0.1, -0.05) is 30.3 Å². The summed E-state index contributed by atoms with van der Waals surface area (Å²) < 4.78 is 5.22. The molecular weight excluding hydrogens is 250 g/mol. The van der Waals surface area contributed by atoms with Gasteiger partial charge in [-0.2, -0.15) is 0 Å². The van der Waals surface area contributed by atoms with Crippen LogP contribution in [0.3, 0.4) is 0 Å². The molecule has 0 spiro atoms. The number of hydrogen-bond donors (Lipinski definition) is 0. The molecule has 0 N–H and O–H groups in total. The van der Waals surface area contributed by atoms with Crippen LogP contribution < -0.4 is 4.74 Å². The molecule has 0 fully saturated rings. The Kier molecular flexibility index (Phi) is 3.42. The van der Waals surface area contributed by atoms with Crippen LogP contribution in [0.2, 0.25) is 0 Å². The smallest absolute Gasteiger partial charge is 0.254 e. The van der Waals surface area contributed by atoms with Crippen molar-refractivity contribution in [2.24, 2.45) is 0 Å².